The lowest BCUT2D eigenvalue weighted by atomic mass is 10.1. The van der Waals surface area contributed by atoms with Crippen LogP contribution >= 0.6 is 0 Å². The lowest BCUT2D eigenvalue weighted by molar-refractivity contribution is -0.128. The van der Waals surface area contributed by atoms with Gasteiger partial charge < -0.3 is 10.2 Å². The molecule has 7 nitrogen and oxygen atoms in total. The summed E-state index contributed by atoms with van der Waals surface area (Å²) in [5.41, 5.74) is 2.39. The number of carbonyl (C=O) groups is 2. The van der Waals surface area contributed by atoms with Crippen molar-refractivity contribution in [3.8, 4) is 0 Å². The fourth-order valence-corrected chi connectivity index (χ4v) is 4.80. The number of likely N-dealkylation sites (tertiary alicyclic amines) is 1. The van der Waals surface area contributed by atoms with E-state index >= 15 is 0 Å². The predicted molar refractivity (Wildman–Crippen MR) is 104 cm³/mol. The summed E-state index contributed by atoms with van der Waals surface area (Å²) in [4.78, 5) is 25.6. The summed E-state index contributed by atoms with van der Waals surface area (Å²) in [7, 11) is -3.70. The van der Waals surface area contributed by atoms with Crippen LogP contribution in [0.3, 0.4) is 0 Å². The van der Waals surface area contributed by atoms with Crippen LogP contribution in [0.1, 0.15) is 17.5 Å². The molecular formula is C20H21N3O4S. The van der Waals surface area contributed by atoms with Gasteiger partial charge in [-0.3, -0.25) is 9.59 Å². The number of hydrogen-bond acceptors (Lipinski definition) is 4. The number of nitrogens with one attached hydrogen (secondary N) is 2. The quantitative estimate of drug-likeness (QED) is 0.770. The van der Waals surface area contributed by atoms with Crippen LogP contribution in [-0.2, 0) is 32.6 Å². The number of nitrogens with zero attached hydrogens (tertiary/aromatic N) is 1. The minimum Gasteiger partial charge on any atom is -0.338 e. The van der Waals surface area contributed by atoms with Crippen molar-refractivity contribution in [1.29, 1.82) is 0 Å². The van der Waals surface area contributed by atoms with Crippen molar-refractivity contribution in [3.63, 3.8) is 0 Å². The molecule has 2 aromatic rings. The fraction of sp³-hybridized carbons (Fsp3) is 0.300. The number of fused-ring (bicyclic) bond motifs is 1. The molecule has 2 amide bonds. The van der Waals surface area contributed by atoms with Crippen LogP contribution in [0, 0.1) is 5.92 Å². The Morgan fingerprint density at radius 2 is 1.89 bits per heavy atom. The molecule has 0 saturated carbocycles. The van der Waals surface area contributed by atoms with Crippen LogP contribution < -0.4 is 10.0 Å². The van der Waals surface area contributed by atoms with Crippen molar-refractivity contribution >= 4 is 27.5 Å². The van der Waals surface area contributed by atoms with Gasteiger partial charge in [0, 0.05) is 31.7 Å². The number of benzene rings is 2. The summed E-state index contributed by atoms with van der Waals surface area (Å²) in [5.74, 6) is -0.167. The van der Waals surface area contributed by atoms with Crippen molar-refractivity contribution in [2.45, 2.75) is 24.3 Å². The molecule has 0 aromatic heterocycles. The highest BCUT2D eigenvalue weighted by Gasteiger charge is 2.31. The maximum Gasteiger partial charge on any atom is 0.240 e. The zero-order valence-corrected chi connectivity index (χ0v) is 16.0. The Kier molecular flexibility index (Phi) is 4.91. The largest absolute Gasteiger partial charge is 0.338 e. The Morgan fingerprint density at radius 3 is 2.68 bits per heavy atom. The minimum atomic E-state index is -3.70. The van der Waals surface area contributed by atoms with E-state index in [-0.39, 0.29) is 35.6 Å². The fourth-order valence-electron chi connectivity index (χ4n) is 3.63. The summed E-state index contributed by atoms with van der Waals surface area (Å²) < 4.78 is 27.8. The molecule has 2 aromatic carbocycles. The maximum absolute atomic E-state index is 12.6. The van der Waals surface area contributed by atoms with Crippen LogP contribution in [0.2, 0.25) is 0 Å². The lowest BCUT2D eigenvalue weighted by Gasteiger charge is -2.17. The van der Waals surface area contributed by atoms with Crippen LogP contribution in [0.25, 0.3) is 0 Å². The van der Waals surface area contributed by atoms with E-state index in [2.05, 4.69) is 10.0 Å². The number of sulfonamides is 1. The van der Waals surface area contributed by atoms with E-state index in [0.29, 0.717) is 30.8 Å². The summed E-state index contributed by atoms with van der Waals surface area (Å²) in [6.45, 7) is 1.27. The molecule has 0 radical (unpaired) electrons. The van der Waals surface area contributed by atoms with E-state index in [1.54, 1.807) is 11.0 Å². The van der Waals surface area contributed by atoms with E-state index in [1.807, 2.05) is 30.3 Å². The van der Waals surface area contributed by atoms with Gasteiger partial charge in [0.05, 0.1) is 11.3 Å². The molecule has 146 valence electrons. The van der Waals surface area contributed by atoms with Crippen molar-refractivity contribution in [1.82, 2.24) is 9.62 Å². The number of amides is 2. The molecule has 8 heteroatoms. The van der Waals surface area contributed by atoms with Crippen LogP contribution in [0.5, 0.6) is 0 Å². The van der Waals surface area contributed by atoms with Crippen LogP contribution in [0.4, 0.5) is 5.69 Å². The highest BCUT2D eigenvalue weighted by molar-refractivity contribution is 7.89. The lowest BCUT2D eigenvalue weighted by Crippen LogP contribution is -2.31. The van der Waals surface area contributed by atoms with Crippen LogP contribution in [-0.4, -0.2) is 38.2 Å². The standard InChI is InChI=1S/C20H21N3O4S/c24-19-10-16-9-17(6-7-18(16)22-19)28(26,27)21-11-15-8-20(25)23(13-15)12-14-4-2-1-3-5-14/h1-7,9,15,21H,8,10-13H2,(H,22,24). The molecule has 28 heavy (non-hydrogen) atoms. The summed E-state index contributed by atoms with van der Waals surface area (Å²) in [5, 5.41) is 2.69. The van der Waals surface area contributed by atoms with Gasteiger partial charge in [0.15, 0.2) is 0 Å². The second kappa shape index (κ2) is 7.37. The maximum atomic E-state index is 12.6. The Labute approximate surface area is 163 Å². The topological polar surface area (TPSA) is 95.6 Å². The van der Waals surface area contributed by atoms with E-state index in [9.17, 15) is 18.0 Å². The summed E-state index contributed by atoms with van der Waals surface area (Å²) in [6.07, 6.45) is 0.516. The third kappa shape index (κ3) is 3.93. The molecule has 0 bridgehead atoms. The molecule has 2 N–H and O–H groups in total. The molecule has 2 aliphatic rings. The summed E-state index contributed by atoms with van der Waals surface area (Å²) >= 11 is 0. The number of anilines is 1. The number of carbonyl (C=O) groups excluding carboxylic acids is 2. The molecule has 0 spiro atoms. The van der Waals surface area contributed by atoms with E-state index in [1.165, 1.54) is 12.1 Å². The van der Waals surface area contributed by atoms with Crippen molar-refractivity contribution < 1.29 is 18.0 Å². The average Bonchev–Trinajstić information content (AvgIpc) is 3.21. The molecular weight excluding hydrogens is 378 g/mol. The second-order valence-electron chi connectivity index (χ2n) is 7.23. The first-order valence-corrected chi connectivity index (χ1v) is 10.6. The molecule has 1 saturated heterocycles. The first-order valence-electron chi connectivity index (χ1n) is 9.15. The Hall–Kier alpha value is -2.71. The molecule has 1 unspecified atom stereocenters. The number of rotatable bonds is 6. The van der Waals surface area contributed by atoms with Crippen LogP contribution in [0.15, 0.2) is 53.4 Å². The van der Waals surface area contributed by atoms with Gasteiger partial charge in [0.25, 0.3) is 0 Å². The highest BCUT2D eigenvalue weighted by Crippen LogP contribution is 2.26. The molecule has 2 heterocycles. The Balaban J connectivity index is 1.37. The van der Waals surface area contributed by atoms with Gasteiger partial charge in [-0.1, -0.05) is 30.3 Å². The van der Waals surface area contributed by atoms with Gasteiger partial charge in [-0.15, -0.1) is 0 Å². The Bertz CT molecular complexity index is 1020. The zero-order valence-electron chi connectivity index (χ0n) is 15.2. The normalized spacial score (nSPS) is 19.0. The molecule has 1 fully saturated rings. The monoisotopic (exact) mass is 399 g/mol. The van der Waals surface area contributed by atoms with Crippen molar-refractivity contribution in [3.05, 3.63) is 59.7 Å². The van der Waals surface area contributed by atoms with Crippen molar-refractivity contribution in [2.75, 3.05) is 18.4 Å². The smallest absolute Gasteiger partial charge is 0.240 e. The van der Waals surface area contributed by atoms with Gasteiger partial charge in [-0.05, 0) is 35.2 Å². The second-order valence-corrected chi connectivity index (χ2v) is 8.99. The molecule has 2 aliphatic heterocycles. The average molecular weight is 399 g/mol. The Morgan fingerprint density at radius 1 is 1.11 bits per heavy atom. The SMILES string of the molecule is O=C1Cc2cc(S(=O)(=O)NCC3CC(=O)N(Cc4ccccc4)C3)ccc2N1. The molecule has 1 atom stereocenters. The number of hydrogen-bond donors (Lipinski definition) is 2. The van der Waals surface area contributed by atoms with Crippen molar-refractivity contribution in [2.24, 2.45) is 5.92 Å². The van der Waals surface area contributed by atoms with Gasteiger partial charge in [-0.2, -0.15) is 0 Å². The third-order valence-corrected chi connectivity index (χ3v) is 6.51. The molecule has 4 rings (SSSR count). The van der Waals surface area contributed by atoms with Gasteiger partial charge in [0.2, 0.25) is 21.8 Å². The van der Waals surface area contributed by atoms with E-state index in [4.69, 9.17) is 0 Å². The zero-order chi connectivity index (χ0) is 19.7. The first-order chi connectivity index (χ1) is 13.4. The third-order valence-electron chi connectivity index (χ3n) is 5.08. The predicted octanol–water partition coefficient (Wildman–Crippen LogP) is 1.51. The summed E-state index contributed by atoms with van der Waals surface area (Å²) in [6, 6.07) is 14.3. The highest BCUT2D eigenvalue weighted by atomic mass is 32.2. The van der Waals surface area contributed by atoms with Gasteiger partial charge in [0.1, 0.15) is 0 Å². The van der Waals surface area contributed by atoms with Gasteiger partial charge in [-0.25, -0.2) is 13.1 Å². The van der Waals surface area contributed by atoms with E-state index < -0.39 is 10.0 Å². The molecule has 0 aliphatic carbocycles. The van der Waals surface area contributed by atoms with Gasteiger partial charge >= 0.3 is 0 Å². The van der Waals surface area contributed by atoms with E-state index in [0.717, 1.165) is 5.56 Å². The minimum absolute atomic E-state index is 0.0372. The first kappa shape index (κ1) is 18.6.